The topological polar surface area (TPSA) is 270 Å². The average Bonchev–Trinajstić information content (AvgIpc) is 2.78. The third kappa shape index (κ3) is 6.73. The number of H-pyrrole nitrogens is 1. The van der Waals surface area contributed by atoms with Gasteiger partial charge in [-0.3, -0.25) is 18.9 Å². The molecule has 0 spiro atoms. The van der Waals surface area contributed by atoms with Crippen LogP contribution in [0, 0.1) is 0 Å². The molecule has 8 N–H and O–H groups in total. The maximum Gasteiger partial charge on any atom is 0.490 e. The molecule has 17 nitrogen and oxygen atoms in total. The monoisotopic (exact) mass is 483 g/mol. The zero-order valence-corrected chi connectivity index (χ0v) is 16.6. The molecule has 2 rings (SSSR count). The molecule has 0 amide bonds. The lowest BCUT2D eigenvalue weighted by Gasteiger charge is -2.19. The fourth-order valence-corrected chi connectivity index (χ4v) is 5.28. The number of hydrogen-bond acceptors (Lipinski definition) is 11. The van der Waals surface area contributed by atoms with Gasteiger partial charge >= 0.3 is 29.2 Å². The standard InChI is InChI=1S/C9H16N3O14P3/c10-6-7(14)4(24-8(6)12-2-1-5(13)11-9(12)15)3-23-28(19,20)26-29(21,22)25-27(16,17)18/h1-2,4,6-8,14H,3,10H2,(H,19,20)(H,21,22)(H,11,13,15)(H2,16,17,18). The van der Waals surface area contributed by atoms with E-state index >= 15 is 0 Å². The first-order valence-corrected chi connectivity index (χ1v) is 11.8. The van der Waals surface area contributed by atoms with E-state index in [0.717, 1.165) is 16.8 Å². The first-order chi connectivity index (χ1) is 13.1. The molecule has 1 saturated heterocycles. The van der Waals surface area contributed by atoms with Crippen molar-refractivity contribution in [3.63, 3.8) is 0 Å². The van der Waals surface area contributed by atoms with Gasteiger partial charge in [0.05, 0.1) is 12.6 Å². The summed E-state index contributed by atoms with van der Waals surface area (Å²) in [5.41, 5.74) is 4.10. The van der Waals surface area contributed by atoms with Crippen LogP contribution in [0.5, 0.6) is 0 Å². The van der Waals surface area contributed by atoms with Gasteiger partial charge in [-0.25, -0.2) is 18.5 Å². The minimum absolute atomic E-state index is 0.706. The molecule has 0 saturated carbocycles. The van der Waals surface area contributed by atoms with Gasteiger partial charge in [0.1, 0.15) is 12.2 Å². The van der Waals surface area contributed by atoms with Crippen molar-refractivity contribution in [3.05, 3.63) is 33.1 Å². The van der Waals surface area contributed by atoms with Crippen LogP contribution in [0.25, 0.3) is 0 Å². The number of rotatable bonds is 8. The van der Waals surface area contributed by atoms with E-state index in [1.165, 1.54) is 0 Å². The number of phosphoric ester groups is 1. The van der Waals surface area contributed by atoms with E-state index in [9.17, 15) is 33.3 Å². The second-order valence-electron chi connectivity index (χ2n) is 5.54. The van der Waals surface area contributed by atoms with Gasteiger partial charge in [-0.05, 0) is 0 Å². The van der Waals surface area contributed by atoms with E-state index < -0.39 is 65.8 Å². The summed E-state index contributed by atoms with van der Waals surface area (Å²) in [6.07, 6.45) is -3.29. The van der Waals surface area contributed by atoms with Gasteiger partial charge in [-0.15, -0.1) is 0 Å². The third-order valence-corrected chi connectivity index (χ3v) is 7.16. The Morgan fingerprint density at radius 2 is 1.76 bits per heavy atom. The van der Waals surface area contributed by atoms with Crippen LogP contribution in [-0.4, -0.2) is 59.1 Å². The molecule has 0 aromatic carbocycles. The molecule has 6 unspecified atom stereocenters. The predicted molar refractivity (Wildman–Crippen MR) is 89.0 cm³/mol. The second kappa shape index (κ2) is 8.61. The Balaban J connectivity index is 2.06. The second-order valence-corrected chi connectivity index (χ2v) is 9.96. The van der Waals surface area contributed by atoms with Crippen LogP contribution < -0.4 is 17.0 Å². The third-order valence-electron chi connectivity index (χ3n) is 3.36. The lowest BCUT2D eigenvalue weighted by atomic mass is 10.1. The number of phosphoric acid groups is 3. The van der Waals surface area contributed by atoms with Crippen molar-refractivity contribution in [1.82, 2.24) is 9.55 Å². The van der Waals surface area contributed by atoms with E-state index in [1.54, 1.807) is 0 Å². The molecule has 0 radical (unpaired) electrons. The molecule has 0 aliphatic carbocycles. The lowest BCUT2D eigenvalue weighted by molar-refractivity contribution is -0.0455. The highest BCUT2D eigenvalue weighted by atomic mass is 31.3. The molecule has 1 aromatic heterocycles. The molecule has 1 aromatic rings. The molecule has 1 aliphatic heterocycles. The summed E-state index contributed by atoms with van der Waals surface area (Å²) in [5, 5.41) is 10.1. The van der Waals surface area contributed by atoms with E-state index in [0.29, 0.717) is 0 Å². The molecule has 29 heavy (non-hydrogen) atoms. The fraction of sp³-hybridized carbons (Fsp3) is 0.556. The van der Waals surface area contributed by atoms with Crippen molar-refractivity contribution in [2.75, 3.05) is 6.61 Å². The van der Waals surface area contributed by atoms with Crippen molar-refractivity contribution in [1.29, 1.82) is 0 Å². The normalized spacial score (nSPS) is 29.3. The number of aliphatic hydroxyl groups excluding tert-OH is 1. The number of aliphatic hydroxyl groups is 1. The molecule has 0 bridgehead atoms. The smallest absolute Gasteiger partial charge is 0.389 e. The van der Waals surface area contributed by atoms with Crippen LogP contribution in [0.1, 0.15) is 6.23 Å². The van der Waals surface area contributed by atoms with Crippen molar-refractivity contribution in [2.24, 2.45) is 5.73 Å². The zero-order valence-electron chi connectivity index (χ0n) is 13.9. The summed E-state index contributed by atoms with van der Waals surface area (Å²) < 4.78 is 51.0. The van der Waals surface area contributed by atoms with E-state index in [-0.39, 0.29) is 0 Å². The summed E-state index contributed by atoms with van der Waals surface area (Å²) in [6.45, 7) is -0.965. The summed E-state index contributed by atoms with van der Waals surface area (Å²) in [5.74, 6) is 0. The highest BCUT2D eigenvalue weighted by molar-refractivity contribution is 7.66. The largest absolute Gasteiger partial charge is 0.490 e. The first kappa shape index (κ1) is 24.2. The highest BCUT2D eigenvalue weighted by Crippen LogP contribution is 2.66. The quantitative estimate of drug-likeness (QED) is 0.188. The number of ether oxygens (including phenoxy) is 1. The summed E-state index contributed by atoms with van der Waals surface area (Å²) >= 11 is 0. The Kier molecular flexibility index (Phi) is 7.20. The van der Waals surface area contributed by atoms with Crippen LogP contribution in [0.15, 0.2) is 21.9 Å². The highest BCUT2D eigenvalue weighted by Gasteiger charge is 2.46. The van der Waals surface area contributed by atoms with E-state index in [1.807, 2.05) is 4.98 Å². The molecule has 166 valence electrons. The summed E-state index contributed by atoms with van der Waals surface area (Å²) in [7, 11) is -16.7. The van der Waals surface area contributed by atoms with Crippen molar-refractivity contribution >= 4 is 23.5 Å². The number of nitrogens with zero attached hydrogens (tertiary/aromatic N) is 1. The van der Waals surface area contributed by atoms with Crippen molar-refractivity contribution in [2.45, 2.75) is 24.5 Å². The average molecular weight is 483 g/mol. The molecule has 6 atom stereocenters. The van der Waals surface area contributed by atoms with E-state index in [2.05, 4.69) is 13.1 Å². The number of nitrogens with two attached hydrogens (primary N) is 1. The number of hydrogen-bond donors (Lipinski definition) is 7. The molecule has 2 heterocycles. The van der Waals surface area contributed by atoms with Crippen LogP contribution in [0.2, 0.25) is 0 Å². The number of aromatic nitrogens is 2. The molecular formula is C9H16N3O14P3. The SMILES string of the molecule is NC1C(O)C(COP(=O)(O)OP(=O)(O)OP(=O)(O)O)OC1n1ccc(=O)[nH]c1=O. The Morgan fingerprint density at radius 1 is 1.14 bits per heavy atom. The van der Waals surface area contributed by atoms with Crippen LogP contribution in [0.3, 0.4) is 0 Å². The van der Waals surface area contributed by atoms with Crippen LogP contribution in [-0.2, 0) is 31.6 Å². The predicted octanol–water partition coefficient (Wildman–Crippen LogP) is -2.53. The number of nitrogens with one attached hydrogen (secondary N) is 1. The first-order valence-electron chi connectivity index (χ1n) is 7.29. The van der Waals surface area contributed by atoms with Crippen LogP contribution in [0.4, 0.5) is 0 Å². The maximum atomic E-state index is 11.8. The Bertz CT molecular complexity index is 1000. The fourth-order valence-electron chi connectivity index (χ4n) is 2.25. The molecule has 20 heteroatoms. The Morgan fingerprint density at radius 3 is 2.31 bits per heavy atom. The van der Waals surface area contributed by atoms with Crippen molar-refractivity contribution in [3.8, 4) is 0 Å². The maximum absolute atomic E-state index is 11.8. The Labute approximate surface area is 160 Å². The molecule has 1 fully saturated rings. The van der Waals surface area contributed by atoms with Gasteiger partial charge in [0.25, 0.3) is 5.56 Å². The Hall–Kier alpha value is -1.03. The van der Waals surface area contributed by atoms with E-state index in [4.69, 9.17) is 25.2 Å². The molecule has 1 aliphatic rings. The minimum Gasteiger partial charge on any atom is -0.389 e. The lowest BCUT2D eigenvalue weighted by Crippen LogP contribution is -2.43. The van der Waals surface area contributed by atoms with Crippen molar-refractivity contribution < 1.29 is 56.3 Å². The van der Waals surface area contributed by atoms with Gasteiger partial charge in [-0.1, -0.05) is 0 Å². The summed E-state index contributed by atoms with van der Waals surface area (Å²) in [6, 6.07) is -0.281. The van der Waals surface area contributed by atoms with Gasteiger partial charge in [0.15, 0.2) is 6.23 Å². The minimum atomic E-state index is -5.70. The summed E-state index contributed by atoms with van der Waals surface area (Å²) in [4.78, 5) is 60.2. The van der Waals surface area contributed by atoms with Crippen LogP contribution >= 0.6 is 23.5 Å². The molecular weight excluding hydrogens is 467 g/mol. The van der Waals surface area contributed by atoms with Gasteiger partial charge < -0.3 is 35.2 Å². The number of aromatic amines is 1. The van der Waals surface area contributed by atoms with Gasteiger partial charge in [0, 0.05) is 12.3 Å². The van der Waals surface area contributed by atoms with Gasteiger partial charge in [0.2, 0.25) is 0 Å². The van der Waals surface area contributed by atoms with Gasteiger partial charge in [-0.2, -0.15) is 8.62 Å². The zero-order chi connectivity index (χ0) is 22.2.